The van der Waals surface area contributed by atoms with E-state index < -0.39 is 0 Å². The predicted octanol–water partition coefficient (Wildman–Crippen LogP) is 2.50. The Hall–Kier alpha value is -1.94. The van der Waals surface area contributed by atoms with E-state index in [1.165, 1.54) is 16.7 Å². The molecule has 0 saturated heterocycles. The van der Waals surface area contributed by atoms with Crippen molar-refractivity contribution in [1.29, 1.82) is 0 Å². The molecule has 0 aliphatic carbocycles. The number of benzene rings is 1. The van der Waals surface area contributed by atoms with Gasteiger partial charge in [0.15, 0.2) is 0 Å². The van der Waals surface area contributed by atoms with Crippen LogP contribution in [0.3, 0.4) is 0 Å². The molecule has 0 unspecified atom stereocenters. The molecule has 0 saturated carbocycles. The topological polar surface area (TPSA) is 52.2 Å². The third-order valence-corrected chi connectivity index (χ3v) is 3.24. The van der Waals surface area contributed by atoms with Gasteiger partial charge in [-0.2, -0.15) is 0 Å². The fourth-order valence-electron chi connectivity index (χ4n) is 2.31. The first-order valence-electron chi connectivity index (χ1n) is 6.37. The average molecular weight is 259 g/mol. The van der Waals surface area contributed by atoms with E-state index in [0.29, 0.717) is 6.61 Å². The van der Waals surface area contributed by atoms with Crippen molar-refractivity contribution >= 4 is 11.4 Å². The number of rotatable bonds is 5. The van der Waals surface area contributed by atoms with Gasteiger partial charge in [-0.05, 0) is 41.3 Å². The van der Waals surface area contributed by atoms with Crippen LogP contribution in [-0.4, -0.2) is 25.3 Å². The zero-order valence-electron chi connectivity index (χ0n) is 11.7. The van der Waals surface area contributed by atoms with Crippen molar-refractivity contribution in [2.75, 3.05) is 31.8 Å². The van der Waals surface area contributed by atoms with Crippen molar-refractivity contribution in [2.24, 2.45) is 7.05 Å². The lowest BCUT2D eigenvalue weighted by Crippen LogP contribution is -2.03. The summed E-state index contributed by atoms with van der Waals surface area (Å²) in [5.41, 5.74) is 11.4. The molecule has 0 spiro atoms. The predicted molar refractivity (Wildman–Crippen MR) is 80.4 cm³/mol. The smallest absolute Gasteiger partial charge is 0.0503 e. The fraction of sp³-hybridized carbons (Fsp3) is 0.333. The largest absolute Gasteiger partial charge is 0.399 e. The van der Waals surface area contributed by atoms with Crippen molar-refractivity contribution in [3.8, 4) is 11.1 Å². The second-order valence-corrected chi connectivity index (χ2v) is 4.65. The van der Waals surface area contributed by atoms with Crippen molar-refractivity contribution in [3.63, 3.8) is 0 Å². The number of hydrogen-bond acceptors (Lipinski definition) is 3. The molecule has 0 bridgehead atoms. The molecule has 19 heavy (non-hydrogen) atoms. The highest BCUT2D eigenvalue weighted by Gasteiger charge is 2.12. The first-order valence-corrected chi connectivity index (χ1v) is 6.37. The molecule has 1 aromatic carbocycles. The van der Waals surface area contributed by atoms with E-state index in [0.717, 1.165) is 17.8 Å². The first kappa shape index (κ1) is 13.5. The molecule has 3 N–H and O–H groups in total. The number of hydrogen-bond donors (Lipinski definition) is 2. The van der Waals surface area contributed by atoms with Crippen LogP contribution in [0.25, 0.3) is 11.1 Å². The molecule has 1 aromatic heterocycles. The second kappa shape index (κ2) is 5.80. The first-order chi connectivity index (χ1) is 9.15. The Labute approximate surface area is 114 Å². The summed E-state index contributed by atoms with van der Waals surface area (Å²) in [5.74, 6) is 0. The van der Waals surface area contributed by atoms with Crippen LogP contribution in [0.1, 0.15) is 5.56 Å². The van der Waals surface area contributed by atoms with Crippen molar-refractivity contribution in [3.05, 3.63) is 36.2 Å². The summed E-state index contributed by atoms with van der Waals surface area (Å²) >= 11 is 0. The summed E-state index contributed by atoms with van der Waals surface area (Å²) in [6, 6.07) is 6.10. The minimum atomic E-state index is 0.693. The minimum absolute atomic E-state index is 0.693. The van der Waals surface area contributed by atoms with E-state index in [-0.39, 0.29) is 0 Å². The highest BCUT2D eigenvalue weighted by molar-refractivity contribution is 5.78. The van der Waals surface area contributed by atoms with Gasteiger partial charge in [0.25, 0.3) is 0 Å². The lowest BCUT2D eigenvalue weighted by Gasteiger charge is -2.15. The summed E-state index contributed by atoms with van der Waals surface area (Å²) in [6.07, 6.45) is 5.00. The van der Waals surface area contributed by atoms with E-state index in [1.807, 2.05) is 37.0 Å². The van der Waals surface area contributed by atoms with Crippen LogP contribution in [0.15, 0.2) is 30.6 Å². The van der Waals surface area contributed by atoms with Crippen LogP contribution in [-0.2, 0) is 18.2 Å². The Morgan fingerprint density at radius 3 is 2.74 bits per heavy atom. The molecule has 0 radical (unpaired) electrons. The van der Waals surface area contributed by atoms with Crippen LogP contribution in [0.2, 0.25) is 0 Å². The molecular formula is C15H21N3O. The number of aromatic nitrogens is 1. The fourth-order valence-corrected chi connectivity index (χ4v) is 2.31. The van der Waals surface area contributed by atoms with Gasteiger partial charge in [0.05, 0.1) is 6.61 Å². The van der Waals surface area contributed by atoms with Gasteiger partial charge in [-0.3, -0.25) is 0 Å². The Morgan fingerprint density at radius 2 is 2.16 bits per heavy atom. The van der Waals surface area contributed by atoms with Gasteiger partial charge in [-0.15, -0.1) is 0 Å². The van der Waals surface area contributed by atoms with E-state index in [1.54, 1.807) is 7.11 Å². The summed E-state index contributed by atoms with van der Waals surface area (Å²) in [4.78, 5) is 0. The van der Waals surface area contributed by atoms with Crippen LogP contribution in [0.5, 0.6) is 0 Å². The monoisotopic (exact) mass is 259 g/mol. The van der Waals surface area contributed by atoms with Crippen LogP contribution >= 0.6 is 0 Å². The number of anilines is 2. The van der Waals surface area contributed by atoms with Gasteiger partial charge in [0.2, 0.25) is 0 Å². The van der Waals surface area contributed by atoms with E-state index in [2.05, 4.69) is 17.6 Å². The molecule has 0 amide bonds. The van der Waals surface area contributed by atoms with Crippen molar-refractivity contribution in [2.45, 2.75) is 6.42 Å². The Bertz CT molecular complexity index is 561. The van der Waals surface area contributed by atoms with Crippen molar-refractivity contribution in [1.82, 2.24) is 4.57 Å². The minimum Gasteiger partial charge on any atom is -0.399 e. The molecule has 102 valence electrons. The second-order valence-electron chi connectivity index (χ2n) is 4.65. The third kappa shape index (κ3) is 2.90. The van der Waals surface area contributed by atoms with Gasteiger partial charge >= 0.3 is 0 Å². The summed E-state index contributed by atoms with van der Waals surface area (Å²) in [7, 11) is 5.65. The van der Waals surface area contributed by atoms with Crippen LogP contribution < -0.4 is 11.1 Å². The number of methoxy groups -OCH3 is 1. The average Bonchev–Trinajstić information content (AvgIpc) is 2.82. The van der Waals surface area contributed by atoms with Gasteiger partial charge in [-0.1, -0.05) is 0 Å². The maximum atomic E-state index is 6.00. The van der Waals surface area contributed by atoms with E-state index >= 15 is 0 Å². The van der Waals surface area contributed by atoms with Crippen LogP contribution in [0.4, 0.5) is 11.4 Å². The molecule has 2 aromatic rings. The summed E-state index contributed by atoms with van der Waals surface area (Å²) in [5, 5.41) is 3.22. The molecule has 1 heterocycles. The lowest BCUT2D eigenvalue weighted by atomic mass is 9.97. The van der Waals surface area contributed by atoms with Gasteiger partial charge < -0.3 is 20.4 Å². The normalized spacial score (nSPS) is 10.7. The Morgan fingerprint density at radius 1 is 1.37 bits per heavy atom. The Balaban J connectivity index is 2.53. The lowest BCUT2D eigenvalue weighted by molar-refractivity contribution is 0.202. The molecule has 2 rings (SSSR count). The summed E-state index contributed by atoms with van der Waals surface area (Å²) < 4.78 is 7.25. The SMILES string of the molecule is CNc1cc(N)cc(-c2ccn(C)c2)c1CCOC. The van der Waals surface area contributed by atoms with Gasteiger partial charge in [0, 0.05) is 45.0 Å². The summed E-state index contributed by atoms with van der Waals surface area (Å²) in [6.45, 7) is 0.693. The van der Waals surface area contributed by atoms with E-state index in [9.17, 15) is 0 Å². The number of nitrogen functional groups attached to an aromatic ring is 1. The van der Waals surface area contributed by atoms with Crippen LogP contribution in [0, 0.1) is 0 Å². The van der Waals surface area contributed by atoms with Gasteiger partial charge in [0.1, 0.15) is 0 Å². The third-order valence-electron chi connectivity index (χ3n) is 3.24. The quantitative estimate of drug-likeness (QED) is 0.811. The van der Waals surface area contributed by atoms with E-state index in [4.69, 9.17) is 10.5 Å². The Kier molecular flexibility index (Phi) is 4.12. The number of aryl methyl sites for hydroxylation is 1. The zero-order valence-corrected chi connectivity index (χ0v) is 11.7. The number of nitrogens with two attached hydrogens (primary N) is 1. The molecule has 0 atom stereocenters. The molecule has 0 fully saturated rings. The maximum Gasteiger partial charge on any atom is 0.0503 e. The molecule has 4 nitrogen and oxygen atoms in total. The number of ether oxygens (including phenoxy) is 1. The number of nitrogens with zero attached hydrogens (tertiary/aromatic N) is 1. The molecule has 0 aliphatic heterocycles. The number of nitrogens with one attached hydrogen (secondary N) is 1. The zero-order chi connectivity index (χ0) is 13.8. The highest BCUT2D eigenvalue weighted by atomic mass is 16.5. The molecular weight excluding hydrogens is 238 g/mol. The standard InChI is InChI=1S/C15H21N3O/c1-17-15-9-12(16)8-14(13(15)5-7-19-3)11-4-6-18(2)10-11/h4,6,8-10,17H,5,7,16H2,1-3H3. The van der Waals surface area contributed by atoms with Crippen molar-refractivity contribution < 1.29 is 4.74 Å². The molecule has 0 aliphatic rings. The highest BCUT2D eigenvalue weighted by Crippen LogP contribution is 2.32. The molecule has 4 heteroatoms. The van der Waals surface area contributed by atoms with Gasteiger partial charge in [-0.25, -0.2) is 0 Å². The maximum absolute atomic E-state index is 6.00.